The van der Waals surface area contributed by atoms with Crippen molar-refractivity contribution in [2.75, 3.05) is 0 Å². The Labute approximate surface area is 164 Å². The van der Waals surface area contributed by atoms with E-state index in [2.05, 4.69) is 0 Å². The van der Waals surface area contributed by atoms with Gasteiger partial charge < -0.3 is 30.6 Å². The molecule has 10 atom stereocenters. The first-order valence-corrected chi connectivity index (χ1v) is 9.80. The average Bonchev–Trinajstić information content (AvgIpc) is 2.61. The molecule has 0 aromatic rings. The van der Waals surface area contributed by atoms with Crippen molar-refractivity contribution in [2.24, 2.45) is 29.6 Å². The Morgan fingerprint density at radius 3 is 2.29 bits per heavy atom. The minimum atomic E-state index is -1.84. The first-order valence-electron chi connectivity index (χ1n) is 9.80. The van der Waals surface area contributed by atoms with Crippen LogP contribution in [-0.2, 0) is 9.59 Å². The number of hydrogen-bond acceptors (Lipinski definition) is 7. The maximum Gasteiger partial charge on any atom is 0.331 e. The molecule has 0 bridgehead atoms. The van der Waals surface area contributed by atoms with Gasteiger partial charge in [0.1, 0.15) is 24.1 Å². The van der Waals surface area contributed by atoms with Gasteiger partial charge in [0, 0.05) is 23.8 Å². The number of rotatable bonds is 6. The van der Waals surface area contributed by atoms with E-state index in [1.165, 1.54) is 6.92 Å². The zero-order valence-corrected chi connectivity index (χ0v) is 16.5. The number of carbonyl (C=O) groups is 2. The third-order valence-electron chi connectivity index (χ3n) is 6.53. The molecule has 0 aromatic heterocycles. The fourth-order valence-corrected chi connectivity index (χ4v) is 5.02. The van der Waals surface area contributed by atoms with Gasteiger partial charge in [0.2, 0.25) is 0 Å². The summed E-state index contributed by atoms with van der Waals surface area (Å²) in [4.78, 5) is 23.3. The van der Waals surface area contributed by atoms with Crippen LogP contribution < -0.4 is 0 Å². The van der Waals surface area contributed by atoms with Crippen molar-refractivity contribution in [2.45, 2.75) is 70.6 Å². The summed E-state index contributed by atoms with van der Waals surface area (Å²) >= 11 is 0. The van der Waals surface area contributed by atoms with Crippen molar-refractivity contribution in [3.8, 4) is 0 Å². The van der Waals surface area contributed by atoms with Gasteiger partial charge in [-0.05, 0) is 43.6 Å². The number of fused-ring (bicyclic) bond motifs is 1. The molecule has 0 radical (unpaired) electrons. The zero-order chi connectivity index (χ0) is 21.3. The van der Waals surface area contributed by atoms with Crippen LogP contribution in [0, 0.1) is 29.6 Å². The van der Waals surface area contributed by atoms with Gasteiger partial charge >= 0.3 is 5.97 Å². The minimum Gasteiger partial charge on any atom is -0.478 e. The topological polar surface area (TPSA) is 156 Å². The van der Waals surface area contributed by atoms with Crippen molar-refractivity contribution in [3.63, 3.8) is 0 Å². The lowest BCUT2D eigenvalue weighted by Gasteiger charge is -2.50. The fraction of sp³-hybridized carbons (Fsp3) is 0.800. The predicted molar refractivity (Wildman–Crippen MR) is 99.1 cm³/mol. The Balaban J connectivity index is 2.23. The number of Topliss-reactive ketones (excluding diaryl/α,β-unsaturated/α-hetero) is 1. The third-order valence-corrected chi connectivity index (χ3v) is 6.53. The van der Waals surface area contributed by atoms with E-state index in [9.17, 15) is 35.1 Å². The van der Waals surface area contributed by atoms with Gasteiger partial charge in [-0.2, -0.15) is 0 Å². The molecular formula is C20H32O8. The first kappa shape index (κ1) is 23.0. The van der Waals surface area contributed by atoms with Crippen LogP contribution in [0.2, 0.25) is 0 Å². The molecule has 2 fully saturated rings. The van der Waals surface area contributed by atoms with Gasteiger partial charge in [0.15, 0.2) is 0 Å². The first-order chi connectivity index (χ1) is 13.0. The summed E-state index contributed by atoms with van der Waals surface area (Å²) in [5, 5.41) is 61.0. The van der Waals surface area contributed by atoms with Gasteiger partial charge in [-0.15, -0.1) is 0 Å². The van der Waals surface area contributed by atoms with Crippen molar-refractivity contribution in [1.29, 1.82) is 0 Å². The van der Waals surface area contributed by atoms with Crippen molar-refractivity contribution in [1.82, 2.24) is 0 Å². The van der Waals surface area contributed by atoms with E-state index in [1.807, 2.05) is 6.92 Å². The Morgan fingerprint density at radius 1 is 1.11 bits per heavy atom. The van der Waals surface area contributed by atoms with E-state index < -0.39 is 54.2 Å². The van der Waals surface area contributed by atoms with Crippen LogP contribution in [0.4, 0.5) is 0 Å². The molecule has 2 aliphatic carbocycles. The molecule has 0 aromatic carbocycles. The maximum absolute atomic E-state index is 12.5. The molecule has 160 valence electrons. The van der Waals surface area contributed by atoms with Crippen LogP contribution in [-0.4, -0.2) is 72.9 Å². The van der Waals surface area contributed by atoms with E-state index in [4.69, 9.17) is 5.11 Å². The van der Waals surface area contributed by atoms with E-state index in [0.717, 1.165) is 12.5 Å². The molecule has 0 spiro atoms. The molecule has 6 N–H and O–H groups in total. The summed E-state index contributed by atoms with van der Waals surface area (Å²) in [7, 11) is 0. The Hall–Kier alpha value is -1.32. The average molecular weight is 400 g/mol. The monoisotopic (exact) mass is 400 g/mol. The van der Waals surface area contributed by atoms with Crippen molar-refractivity contribution in [3.05, 3.63) is 11.6 Å². The van der Waals surface area contributed by atoms with E-state index in [-0.39, 0.29) is 23.2 Å². The quantitative estimate of drug-likeness (QED) is 0.332. The number of aliphatic hydroxyl groups excluding tert-OH is 5. The van der Waals surface area contributed by atoms with Gasteiger partial charge in [-0.1, -0.05) is 13.8 Å². The number of ketones is 1. The number of aliphatic carboxylic acids is 1. The standard InChI is InChI=1S/C20H32O8/c1-8-4-11-7-12(21)10(3)15(16(11)13(22)5-8)18(25)19(26)17(24)14(23)6-9(2)20(27)28/h6,8,10-11,13-19,22-26H,4-5,7H2,1-3H3,(H,27,28)/b9-6+/t8-,10+,11-,13-,14+,15+,16-,17+,18-,19+/m1/s1. The maximum atomic E-state index is 12.5. The highest BCUT2D eigenvalue weighted by molar-refractivity contribution is 5.85. The highest BCUT2D eigenvalue weighted by Crippen LogP contribution is 2.48. The Bertz CT molecular complexity index is 617. The summed E-state index contributed by atoms with van der Waals surface area (Å²) in [5.74, 6) is -2.98. The molecular weight excluding hydrogens is 368 g/mol. The van der Waals surface area contributed by atoms with E-state index >= 15 is 0 Å². The molecule has 28 heavy (non-hydrogen) atoms. The fourth-order valence-electron chi connectivity index (χ4n) is 5.02. The second-order valence-electron chi connectivity index (χ2n) is 8.64. The summed E-state index contributed by atoms with van der Waals surface area (Å²) in [6.07, 6.45) is -5.16. The smallest absolute Gasteiger partial charge is 0.331 e. The Morgan fingerprint density at radius 2 is 1.71 bits per heavy atom. The van der Waals surface area contributed by atoms with Crippen LogP contribution in [0.25, 0.3) is 0 Å². The number of carboxylic acids is 1. The number of aliphatic hydroxyl groups is 5. The molecule has 2 aliphatic rings. The number of hydrogen-bond donors (Lipinski definition) is 6. The van der Waals surface area contributed by atoms with Crippen LogP contribution in [0.1, 0.15) is 40.0 Å². The molecule has 8 heteroatoms. The van der Waals surface area contributed by atoms with Crippen LogP contribution >= 0.6 is 0 Å². The molecule has 2 saturated carbocycles. The summed E-state index contributed by atoms with van der Waals surface area (Å²) < 4.78 is 0. The third kappa shape index (κ3) is 4.63. The SMILES string of the molecule is C/C(=C\[C@H](O)[C@H](O)[C@H](O)[C@H](O)[C@@H]1[C@@H]2[C@@H](CC(=O)[C@@H]1C)C[C@@H](C)C[C@H]2O)C(=O)O. The van der Waals surface area contributed by atoms with Crippen molar-refractivity contribution >= 4 is 11.8 Å². The molecule has 8 nitrogen and oxygen atoms in total. The molecule has 0 aliphatic heterocycles. The van der Waals surface area contributed by atoms with Gasteiger partial charge in [0.25, 0.3) is 0 Å². The largest absolute Gasteiger partial charge is 0.478 e. The summed E-state index contributed by atoms with van der Waals surface area (Å²) in [6, 6.07) is 0. The second kappa shape index (κ2) is 9.00. The lowest BCUT2D eigenvalue weighted by molar-refractivity contribution is -0.166. The highest BCUT2D eigenvalue weighted by atomic mass is 16.4. The minimum absolute atomic E-state index is 0.0598. The van der Waals surface area contributed by atoms with Crippen molar-refractivity contribution < 1.29 is 40.2 Å². The van der Waals surface area contributed by atoms with Crippen LogP contribution in [0.5, 0.6) is 0 Å². The Kier molecular flexibility index (Phi) is 7.38. The normalized spacial score (nSPS) is 38.3. The second-order valence-corrected chi connectivity index (χ2v) is 8.64. The highest BCUT2D eigenvalue weighted by Gasteiger charge is 2.52. The van der Waals surface area contributed by atoms with Gasteiger partial charge in [-0.25, -0.2) is 4.79 Å². The van der Waals surface area contributed by atoms with Gasteiger partial charge in [-0.3, -0.25) is 4.79 Å². The van der Waals surface area contributed by atoms with Crippen LogP contribution in [0.15, 0.2) is 11.6 Å². The molecule has 0 amide bonds. The van der Waals surface area contributed by atoms with Gasteiger partial charge in [0.05, 0.1) is 12.2 Å². The molecule has 0 unspecified atom stereocenters. The number of carboxylic acid groups (broad SMARTS) is 1. The molecule has 0 heterocycles. The zero-order valence-electron chi connectivity index (χ0n) is 16.5. The lowest BCUT2D eigenvalue weighted by Crippen LogP contribution is -2.57. The van der Waals surface area contributed by atoms with E-state index in [1.54, 1.807) is 6.92 Å². The molecule has 2 rings (SSSR count). The number of carbonyl (C=O) groups excluding carboxylic acids is 1. The predicted octanol–water partition coefficient (Wildman–Crippen LogP) is -0.291. The lowest BCUT2D eigenvalue weighted by atomic mass is 9.57. The van der Waals surface area contributed by atoms with Crippen LogP contribution in [0.3, 0.4) is 0 Å². The summed E-state index contributed by atoms with van der Waals surface area (Å²) in [6.45, 7) is 4.87. The molecule has 0 saturated heterocycles. The summed E-state index contributed by atoms with van der Waals surface area (Å²) in [5.41, 5.74) is -0.216. The van der Waals surface area contributed by atoms with E-state index in [0.29, 0.717) is 12.8 Å².